The predicted molar refractivity (Wildman–Crippen MR) is 195 cm³/mol. The number of fused-ring (bicyclic) bond motifs is 5. The van der Waals surface area contributed by atoms with Gasteiger partial charge in [0, 0.05) is 0 Å². The standard InChI is InChI=1S/C13H9.2C11H8O2.C5H5.2CH3.Si.Ti/c1-3-7-12-10(5-1)9-11-6-2-4-8-13(11)12;2*12-11(13)10-7-3-5-8-4-1-2-6-9(8)10;1-2-4-5-3-1;;;;/h1-5,7-8H,9H2;2*1-7H,(H,12,13);1-3H,4H2;2*1H3;;/q-1;;;3*-1;;. The van der Waals surface area contributed by atoms with Crippen LogP contribution in [-0.4, -0.2) is 29.8 Å². The molecule has 0 atom stereocenters. The van der Waals surface area contributed by atoms with Gasteiger partial charge in [0.05, 0.1) is 11.1 Å². The molecule has 48 heavy (non-hydrogen) atoms. The van der Waals surface area contributed by atoms with E-state index >= 15 is 0 Å². The van der Waals surface area contributed by atoms with Gasteiger partial charge < -0.3 is 25.1 Å². The molecule has 8 rings (SSSR count). The zero-order valence-electron chi connectivity index (χ0n) is 27.0. The van der Waals surface area contributed by atoms with E-state index in [0.717, 1.165) is 34.4 Å². The summed E-state index contributed by atoms with van der Waals surface area (Å²) in [5, 5.41) is 21.3. The van der Waals surface area contributed by atoms with Crippen LogP contribution < -0.4 is 0 Å². The Kier molecular flexibility index (Phi) is 16.8. The van der Waals surface area contributed by atoms with Gasteiger partial charge in [-0.15, -0.1) is 12.0 Å². The number of rotatable bonds is 2. The minimum absolute atomic E-state index is 0. The molecule has 0 bridgehead atoms. The van der Waals surface area contributed by atoms with Crippen molar-refractivity contribution in [2.24, 2.45) is 0 Å². The molecule has 0 heterocycles. The van der Waals surface area contributed by atoms with E-state index < -0.39 is 11.9 Å². The first-order chi connectivity index (χ1) is 22.5. The molecule has 6 heteroatoms. The quantitative estimate of drug-likeness (QED) is 0.141. The molecule has 0 saturated heterocycles. The van der Waals surface area contributed by atoms with E-state index in [1.807, 2.05) is 78.9 Å². The van der Waals surface area contributed by atoms with Gasteiger partial charge in [-0.05, 0) is 40.1 Å². The largest absolute Gasteiger partial charge is 0.179 e. The van der Waals surface area contributed by atoms with Crippen LogP contribution in [0.15, 0.2) is 146 Å². The number of benzene rings is 6. The van der Waals surface area contributed by atoms with Gasteiger partial charge in [-0.3, -0.25) is 6.08 Å². The third-order valence-electron chi connectivity index (χ3n) is 7.24. The first kappa shape index (κ1) is 39.4. The molecule has 240 valence electrons. The summed E-state index contributed by atoms with van der Waals surface area (Å²) in [5.41, 5.74) is 6.23. The van der Waals surface area contributed by atoms with Crippen molar-refractivity contribution in [2.45, 2.75) is 12.8 Å². The maximum Gasteiger partial charge on any atom is -0.0253 e. The zero-order valence-corrected chi connectivity index (χ0v) is 29.5. The summed E-state index contributed by atoms with van der Waals surface area (Å²) in [6, 6.07) is 43.6. The first-order valence-corrected chi connectivity index (χ1v) is 17.3. The average Bonchev–Trinajstić information content (AvgIpc) is 3.82. The number of carbonyl (C=O) groups is 2. The number of carboxylic acid groups (broad SMARTS) is 2. The average molecular weight is 681 g/mol. The van der Waals surface area contributed by atoms with Gasteiger partial charge in [0.1, 0.15) is 0 Å². The fourth-order valence-electron chi connectivity index (χ4n) is 5.16. The number of hydrogen-bond donors (Lipinski definition) is 2. The summed E-state index contributed by atoms with van der Waals surface area (Å²) >= 11 is 1.81. The molecule has 2 radical (unpaired) electrons. The van der Waals surface area contributed by atoms with E-state index in [1.165, 1.54) is 22.3 Å². The topological polar surface area (TPSA) is 74.6 Å². The van der Waals surface area contributed by atoms with Gasteiger partial charge in [0.2, 0.25) is 0 Å². The minimum atomic E-state index is -0.878. The SMILES string of the molecule is O=C(O)c1cccc2ccccc12.O=C(O)c1cccc2ccccc12.[C-]1=CC=CC1.[CH3-].[CH3-].[Si]=[Ti].[c-]1cccc2c1Cc1ccccc1-2. The van der Waals surface area contributed by atoms with E-state index in [2.05, 4.69) is 62.2 Å². The van der Waals surface area contributed by atoms with Crippen molar-refractivity contribution in [3.63, 3.8) is 0 Å². The van der Waals surface area contributed by atoms with Crippen LogP contribution in [0.2, 0.25) is 0 Å². The second-order valence-corrected chi connectivity index (χ2v) is 10.1. The molecule has 0 aromatic heterocycles. The maximum atomic E-state index is 10.8. The molecule has 0 amide bonds. The van der Waals surface area contributed by atoms with Crippen molar-refractivity contribution in [3.05, 3.63) is 195 Å². The third kappa shape index (κ3) is 10.3. The molecule has 2 aliphatic rings. The molecular weight excluding hydrogens is 644 g/mol. The van der Waals surface area contributed by atoms with Gasteiger partial charge in [0.25, 0.3) is 0 Å². The van der Waals surface area contributed by atoms with Crippen LogP contribution in [0, 0.1) is 27.0 Å². The third-order valence-corrected chi connectivity index (χ3v) is 7.24. The van der Waals surface area contributed by atoms with E-state index in [9.17, 15) is 9.59 Å². The summed E-state index contributed by atoms with van der Waals surface area (Å²) in [6.45, 7) is 0. The molecular formula is C42H36O4SiTi-4. The van der Waals surface area contributed by atoms with Crippen molar-refractivity contribution >= 4 is 41.1 Å². The van der Waals surface area contributed by atoms with E-state index in [1.54, 1.807) is 43.4 Å². The van der Waals surface area contributed by atoms with Gasteiger partial charge in [-0.1, -0.05) is 108 Å². The first-order valence-electron chi connectivity index (χ1n) is 14.5. The van der Waals surface area contributed by atoms with Gasteiger partial charge in [-0.2, -0.15) is 35.9 Å². The second kappa shape index (κ2) is 20.4. The van der Waals surface area contributed by atoms with Crippen LogP contribution in [0.25, 0.3) is 32.7 Å². The van der Waals surface area contributed by atoms with Crippen LogP contribution in [0.3, 0.4) is 0 Å². The summed E-state index contributed by atoms with van der Waals surface area (Å²) in [5.74, 6) is -1.76. The second-order valence-electron chi connectivity index (χ2n) is 10.1. The molecule has 0 saturated carbocycles. The molecule has 0 unspecified atom stereocenters. The number of aromatic carboxylic acids is 2. The molecule has 6 aromatic carbocycles. The Morgan fingerprint density at radius 1 is 0.625 bits per heavy atom. The van der Waals surface area contributed by atoms with Crippen molar-refractivity contribution in [3.8, 4) is 11.1 Å². The predicted octanol–water partition coefficient (Wildman–Crippen LogP) is 9.96. The van der Waals surface area contributed by atoms with E-state index in [4.69, 9.17) is 10.2 Å². The molecule has 2 aliphatic carbocycles. The Bertz CT molecular complexity index is 1860. The van der Waals surface area contributed by atoms with E-state index in [-0.39, 0.29) is 14.9 Å². The van der Waals surface area contributed by atoms with Crippen LogP contribution >= 0.6 is 0 Å². The number of hydrogen-bond acceptors (Lipinski definition) is 2. The Morgan fingerprint density at radius 3 is 1.62 bits per heavy atom. The molecule has 0 fully saturated rings. The Labute approximate surface area is 297 Å². The van der Waals surface area contributed by atoms with Gasteiger partial charge >= 0.3 is 38.7 Å². The fourth-order valence-corrected chi connectivity index (χ4v) is 5.16. The Balaban J connectivity index is 0.000000223. The summed E-state index contributed by atoms with van der Waals surface area (Å²) < 4.78 is 0. The van der Waals surface area contributed by atoms with Crippen LogP contribution in [0.5, 0.6) is 0 Å². The monoisotopic (exact) mass is 680 g/mol. The maximum absolute atomic E-state index is 10.8. The molecule has 0 spiro atoms. The molecule has 2 N–H and O–H groups in total. The molecule has 6 aromatic rings. The summed E-state index contributed by atoms with van der Waals surface area (Å²) in [7, 11) is 2.97. The van der Waals surface area contributed by atoms with E-state index in [0.29, 0.717) is 11.1 Å². The smallest absolute Gasteiger partial charge is 0.0253 e. The minimum Gasteiger partial charge on any atom is -0.179 e. The molecule has 0 aliphatic heterocycles. The van der Waals surface area contributed by atoms with Crippen molar-refractivity contribution in [2.75, 3.05) is 0 Å². The fraction of sp³-hybridized carbons (Fsp3) is 0.0476. The van der Waals surface area contributed by atoms with Crippen LogP contribution in [0.4, 0.5) is 0 Å². The van der Waals surface area contributed by atoms with Crippen molar-refractivity contribution in [1.82, 2.24) is 0 Å². The van der Waals surface area contributed by atoms with Crippen molar-refractivity contribution in [1.29, 1.82) is 0 Å². The van der Waals surface area contributed by atoms with Gasteiger partial charge in [-0.25, -0.2) is 21.7 Å². The van der Waals surface area contributed by atoms with Crippen molar-refractivity contribution < 1.29 is 39.0 Å². The summed E-state index contributed by atoms with van der Waals surface area (Å²) in [4.78, 5) is 21.6. The number of carboxylic acids is 2. The zero-order chi connectivity index (χ0) is 32.7. The number of allylic oxidation sites excluding steroid dienone is 4. The Hall–Kier alpha value is -4.81. The van der Waals surface area contributed by atoms with Crippen LogP contribution in [0.1, 0.15) is 38.3 Å². The molecule has 4 nitrogen and oxygen atoms in total. The van der Waals surface area contributed by atoms with Crippen LogP contribution in [-0.2, 0) is 25.6 Å². The van der Waals surface area contributed by atoms with Gasteiger partial charge in [0.15, 0.2) is 0 Å². The Morgan fingerprint density at radius 2 is 1.12 bits per heavy atom. The summed E-state index contributed by atoms with van der Waals surface area (Å²) in [6.07, 6.45) is 11.0. The normalized spacial score (nSPS) is 10.7.